The molecule has 0 bridgehead atoms. The van der Waals surface area contributed by atoms with Crippen molar-refractivity contribution < 1.29 is 32.3 Å². The van der Waals surface area contributed by atoms with Crippen LogP contribution in [-0.4, -0.2) is 63.0 Å². The zero-order valence-corrected chi connectivity index (χ0v) is 13.6. The van der Waals surface area contributed by atoms with Crippen molar-refractivity contribution >= 4 is 10.1 Å². The Morgan fingerprint density at radius 1 is 1.30 bits per heavy atom. The smallest absolute Gasteiger partial charge is 0.297 e. The minimum Gasteiger partial charge on any atom is -0.394 e. The van der Waals surface area contributed by atoms with Gasteiger partial charge in [0.15, 0.2) is 12.4 Å². The highest BCUT2D eigenvalue weighted by molar-refractivity contribution is 7.86. The molecule has 8 nitrogen and oxygen atoms in total. The summed E-state index contributed by atoms with van der Waals surface area (Å²) < 4.78 is 40.1. The van der Waals surface area contributed by atoms with Gasteiger partial charge in [-0.2, -0.15) is 8.42 Å². The van der Waals surface area contributed by atoms with Crippen molar-refractivity contribution in [2.24, 2.45) is 5.73 Å². The maximum atomic E-state index is 12.3. The first-order valence-electron chi connectivity index (χ1n) is 7.03. The van der Waals surface area contributed by atoms with Gasteiger partial charge in [-0.25, -0.2) is 0 Å². The summed E-state index contributed by atoms with van der Waals surface area (Å²) in [5, 5.41) is 19.4. The molecule has 0 amide bonds. The van der Waals surface area contributed by atoms with E-state index in [-0.39, 0.29) is 4.90 Å². The molecule has 4 N–H and O–H groups in total. The van der Waals surface area contributed by atoms with E-state index in [1.807, 2.05) is 6.92 Å². The Labute approximate surface area is 134 Å². The van der Waals surface area contributed by atoms with Gasteiger partial charge in [-0.1, -0.05) is 17.7 Å². The maximum absolute atomic E-state index is 12.3. The van der Waals surface area contributed by atoms with Crippen LogP contribution in [0.1, 0.15) is 5.56 Å². The van der Waals surface area contributed by atoms with E-state index >= 15 is 0 Å². The summed E-state index contributed by atoms with van der Waals surface area (Å²) in [6.45, 7) is 1.39. The molecule has 0 spiro atoms. The fourth-order valence-electron chi connectivity index (χ4n) is 2.30. The van der Waals surface area contributed by atoms with E-state index in [1.54, 1.807) is 12.1 Å². The molecule has 9 heteroatoms. The number of benzene rings is 1. The monoisotopic (exact) mass is 347 g/mol. The van der Waals surface area contributed by atoms with Crippen LogP contribution in [0.3, 0.4) is 0 Å². The molecule has 5 atom stereocenters. The SMILES string of the molecule is COC1OC(CO)C(N)C(O)C1OS(=O)(=O)c1ccc(C)cc1. The van der Waals surface area contributed by atoms with Gasteiger partial charge in [0, 0.05) is 7.11 Å². The summed E-state index contributed by atoms with van der Waals surface area (Å²) >= 11 is 0. The first-order chi connectivity index (χ1) is 10.8. The number of ether oxygens (including phenoxy) is 2. The molecule has 0 aromatic heterocycles. The summed E-state index contributed by atoms with van der Waals surface area (Å²) in [6, 6.07) is 5.05. The minimum absolute atomic E-state index is 0.0528. The molecule has 1 aromatic rings. The van der Waals surface area contributed by atoms with Gasteiger partial charge >= 0.3 is 0 Å². The number of nitrogens with two attached hydrogens (primary N) is 1. The van der Waals surface area contributed by atoms with Crippen LogP contribution in [0.2, 0.25) is 0 Å². The molecule has 1 aromatic carbocycles. The molecular formula is C14H21NO7S. The van der Waals surface area contributed by atoms with Crippen molar-refractivity contribution in [1.29, 1.82) is 0 Å². The summed E-state index contributed by atoms with van der Waals surface area (Å²) in [6.07, 6.45) is -4.78. The molecule has 1 saturated heterocycles. The summed E-state index contributed by atoms with van der Waals surface area (Å²) in [5.41, 5.74) is 6.65. The topological polar surface area (TPSA) is 128 Å². The minimum atomic E-state index is -4.14. The number of rotatable bonds is 5. The van der Waals surface area contributed by atoms with Crippen LogP contribution in [0, 0.1) is 6.92 Å². The second kappa shape index (κ2) is 7.22. The van der Waals surface area contributed by atoms with Crippen molar-refractivity contribution in [3.05, 3.63) is 29.8 Å². The van der Waals surface area contributed by atoms with Gasteiger partial charge in [-0.3, -0.25) is 4.18 Å². The number of aliphatic hydroxyl groups is 2. The quantitative estimate of drug-likeness (QED) is 0.586. The van der Waals surface area contributed by atoms with E-state index < -0.39 is 47.4 Å². The van der Waals surface area contributed by atoms with E-state index in [0.717, 1.165) is 5.56 Å². The maximum Gasteiger partial charge on any atom is 0.297 e. The predicted octanol–water partition coefficient (Wildman–Crippen LogP) is -0.879. The van der Waals surface area contributed by atoms with E-state index in [2.05, 4.69) is 0 Å². The third kappa shape index (κ3) is 3.89. The summed E-state index contributed by atoms with van der Waals surface area (Å²) in [5.74, 6) is 0. The van der Waals surface area contributed by atoms with Crippen LogP contribution in [-0.2, 0) is 23.8 Å². The van der Waals surface area contributed by atoms with E-state index in [9.17, 15) is 18.6 Å². The Morgan fingerprint density at radius 2 is 1.91 bits per heavy atom. The lowest BCUT2D eigenvalue weighted by Crippen LogP contribution is -2.63. The zero-order valence-electron chi connectivity index (χ0n) is 12.8. The zero-order chi connectivity index (χ0) is 17.2. The van der Waals surface area contributed by atoms with Gasteiger partial charge in [0.2, 0.25) is 0 Å². The number of aliphatic hydroxyl groups excluding tert-OH is 2. The van der Waals surface area contributed by atoms with Gasteiger partial charge in [-0.15, -0.1) is 0 Å². The molecule has 1 fully saturated rings. The van der Waals surface area contributed by atoms with Gasteiger partial charge in [-0.05, 0) is 19.1 Å². The van der Waals surface area contributed by atoms with Crippen molar-refractivity contribution in [2.45, 2.75) is 42.5 Å². The molecule has 1 aliphatic rings. The van der Waals surface area contributed by atoms with Gasteiger partial charge < -0.3 is 25.4 Å². The molecule has 1 aliphatic heterocycles. The second-order valence-corrected chi connectivity index (χ2v) is 6.93. The van der Waals surface area contributed by atoms with E-state index in [4.69, 9.17) is 19.4 Å². The molecule has 0 saturated carbocycles. The fraction of sp³-hybridized carbons (Fsp3) is 0.571. The first-order valence-corrected chi connectivity index (χ1v) is 8.43. The Morgan fingerprint density at radius 3 is 2.43 bits per heavy atom. The van der Waals surface area contributed by atoms with Crippen molar-refractivity contribution in [3.8, 4) is 0 Å². The molecular weight excluding hydrogens is 326 g/mol. The van der Waals surface area contributed by atoms with Crippen molar-refractivity contribution in [2.75, 3.05) is 13.7 Å². The largest absolute Gasteiger partial charge is 0.394 e. The van der Waals surface area contributed by atoms with Gasteiger partial charge in [0.1, 0.15) is 12.2 Å². The standard InChI is InChI=1S/C14H21NO7S/c1-8-3-5-9(6-4-8)23(18,19)22-13-12(17)11(15)10(7-16)21-14(13)20-2/h3-6,10-14,16-17H,7,15H2,1-2H3. The third-order valence-electron chi connectivity index (χ3n) is 3.70. The van der Waals surface area contributed by atoms with E-state index in [0.29, 0.717) is 0 Å². The van der Waals surface area contributed by atoms with Gasteiger partial charge in [0.05, 0.1) is 17.5 Å². The van der Waals surface area contributed by atoms with Crippen LogP contribution < -0.4 is 5.73 Å². The van der Waals surface area contributed by atoms with E-state index in [1.165, 1.54) is 19.2 Å². The van der Waals surface area contributed by atoms with Crippen LogP contribution in [0.15, 0.2) is 29.2 Å². The highest BCUT2D eigenvalue weighted by Crippen LogP contribution is 2.26. The molecule has 1 heterocycles. The average Bonchev–Trinajstić information content (AvgIpc) is 2.52. The molecule has 5 unspecified atom stereocenters. The second-order valence-electron chi connectivity index (χ2n) is 5.36. The van der Waals surface area contributed by atoms with Crippen LogP contribution in [0.4, 0.5) is 0 Å². The van der Waals surface area contributed by atoms with Crippen LogP contribution >= 0.6 is 0 Å². The lowest BCUT2D eigenvalue weighted by atomic mass is 9.97. The lowest BCUT2D eigenvalue weighted by molar-refractivity contribution is -0.261. The number of hydrogen-bond acceptors (Lipinski definition) is 8. The molecule has 130 valence electrons. The lowest BCUT2D eigenvalue weighted by Gasteiger charge is -2.41. The average molecular weight is 347 g/mol. The molecule has 0 radical (unpaired) electrons. The number of methoxy groups -OCH3 is 1. The normalized spacial score (nSPS) is 32.0. The highest BCUT2D eigenvalue weighted by atomic mass is 32.2. The number of hydrogen-bond donors (Lipinski definition) is 3. The Bertz CT molecular complexity index is 617. The fourth-order valence-corrected chi connectivity index (χ4v) is 3.38. The highest BCUT2D eigenvalue weighted by Gasteiger charge is 2.46. The van der Waals surface area contributed by atoms with Crippen molar-refractivity contribution in [1.82, 2.24) is 0 Å². The summed E-state index contributed by atoms with van der Waals surface area (Å²) in [7, 11) is -2.86. The Balaban J connectivity index is 2.24. The predicted molar refractivity (Wildman–Crippen MR) is 80.0 cm³/mol. The Hall–Kier alpha value is -1.07. The molecule has 23 heavy (non-hydrogen) atoms. The summed E-state index contributed by atoms with van der Waals surface area (Å²) in [4.78, 5) is -0.0528. The molecule has 0 aliphatic carbocycles. The molecule has 2 rings (SSSR count). The van der Waals surface area contributed by atoms with Crippen molar-refractivity contribution in [3.63, 3.8) is 0 Å². The first kappa shape index (κ1) is 18.3. The van der Waals surface area contributed by atoms with Crippen LogP contribution in [0.25, 0.3) is 0 Å². The number of aryl methyl sites for hydroxylation is 1. The Kier molecular flexibility index (Phi) is 5.74. The third-order valence-corrected chi connectivity index (χ3v) is 5.02. The van der Waals surface area contributed by atoms with Gasteiger partial charge in [0.25, 0.3) is 10.1 Å². The van der Waals surface area contributed by atoms with Crippen LogP contribution in [0.5, 0.6) is 0 Å².